The summed E-state index contributed by atoms with van der Waals surface area (Å²) in [5.74, 6) is -0.161. The third-order valence-electron chi connectivity index (χ3n) is 5.65. The first-order chi connectivity index (χ1) is 13.3. The van der Waals surface area contributed by atoms with Crippen LogP contribution in [0, 0.1) is 25.6 Å². The van der Waals surface area contributed by atoms with E-state index in [0.29, 0.717) is 17.1 Å². The minimum atomic E-state index is -0.269. The predicted molar refractivity (Wildman–Crippen MR) is 112 cm³/mol. The van der Waals surface area contributed by atoms with Gasteiger partial charge in [0, 0.05) is 23.0 Å². The number of aryl methyl sites for hydroxylation is 2. The van der Waals surface area contributed by atoms with Crippen molar-refractivity contribution in [3.8, 4) is 0 Å². The number of rotatable bonds is 5. The number of likely N-dealkylation sites (tertiary alicyclic amines) is 1. The normalized spacial score (nSPS) is 16.8. The zero-order chi connectivity index (χ0) is 20.3. The molecule has 2 aromatic rings. The summed E-state index contributed by atoms with van der Waals surface area (Å²) in [5, 5.41) is 3.63. The lowest BCUT2D eigenvalue weighted by Crippen LogP contribution is -2.41. The summed E-state index contributed by atoms with van der Waals surface area (Å²) in [6, 6.07) is 11.1. The van der Waals surface area contributed by atoms with Crippen LogP contribution in [-0.2, 0) is 11.3 Å². The minimum absolute atomic E-state index is 0.000506. The molecule has 0 radical (unpaired) electrons. The molecular weight excluding hydrogens is 375 g/mol. The summed E-state index contributed by atoms with van der Waals surface area (Å²) in [4.78, 5) is 14.9. The molecule has 0 bridgehead atoms. The van der Waals surface area contributed by atoms with Crippen molar-refractivity contribution in [2.75, 3.05) is 13.1 Å². The molecule has 1 heterocycles. The van der Waals surface area contributed by atoms with Crippen molar-refractivity contribution in [1.29, 1.82) is 0 Å². The van der Waals surface area contributed by atoms with Crippen LogP contribution in [0.1, 0.15) is 48.1 Å². The number of amides is 1. The van der Waals surface area contributed by atoms with Crippen LogP contribution in [0.2, 0.25) is 5.02 Å². The lowest BCUT2D eigenvalue weighted by molar-refractivity contribution is -0.127. The molecular formula is C23H28ClFN2O. The molecule has 150 valence electrons. The van der Waals surface area contributed by atoms with Crippen LogP contribution in [0.15, 0.2) is 36.4 Å². The average Bonchev–Trinajstić information content (AvgIpc) is 2.65. The molecule has 3 rings (SSSR count). The zero-order valence-corrected chi connectivity index (χ0v) is 17.5. The molecule has 1 unspecified atom stereocenters. The number of piperidine rings is 1. The van der Waals surface area contributed by atoms with Crippen LogP contribution in [0.25, 0.3) is 0 Å². The van der Waals surface area contributed by atoms with Crippen LogP contribution in [0.5, 0.6) is 0 Å². The molecule has 0 saturated carbocycles. The minimum Gasteiger partial charge on any atom is -0.349 e. The highest BCUT2D eigenvalue weighted by Gasteiger charge is 2.27. The zero-order valence-electron chi connectivity index (χ0n) is 16.8. The monoisotopic (exact) mass is 402 g/mol. The summed E-state index contributed by atoms with van der Waals surface area (Å²) in [5.41, 5.74) is 4.12. The first-order valence-corrected chi connectivity index (χ1v) is 10.3. The Morgan fingerprint density at radius 2 is 1.96 bits per heavy atom. The number of hydrogen-bond acceptors (Lipinski definition) is 2. The molecule has 28 heavy (non-hydrogen) atoms. The average molecular weight is 403 g/mol. The van der Waals surface area contributed by atoms with Gasteiger partial charge in [0.25, 0.3) is 0 Å². The predicted octanol–water partition coefficient (Wildman–Crippen LogP) is 5.19. The fourth-order valence-corrected chi connectivity index (χ4v) is 4.20. The van der Waals surface area contributed by atoms with Crippen molar-refractivity contribution in [2.24, 2.45) is 5.92 Å². The molecule has 1 amide bonds. The van der Waals surface area contributed by atoms with Gasteiger partial charge in [-0.15, -0.1) is 0 Å². The van der Waals surface area contributed by atoms with Gasteiger partial charge in [0.15, 0.2) is 0 Å². The number of carbonyl (C=O) groups excluding carboxylic acids is 1. The molecule has 1 N–H and O–H groups in total. The number of nitrogens with one attached hydrogen (secondary N) is 1. The molecule has 1 saturated heterocycles. The Labute approximate surface area is 171 Å². The number of carbonyl (C=O) groups is 1. The maximum absolute atomic E-state index is 14.0. The maximum Gasteiger partial charge on any atom is 0.223 e. The number of hydrogen-bond donors (Lipinski definition) is 1. The largest absolute Gasteiger partial charge is 0.349 e. The van der Waals surface area contributed by atoms with Gasteiger partial charge in [-0.05, 0) is 70.0 Å². The van der Waals surface area contributed by atoms with Gasteiger partial charge < -0.3 is 5.32 Å². The van der Waals surface area contributed by atoms with E-state index in [1.54, 1.807) is 12.1 Å². The van der Waals surface area contributed by atoms with Gasteiger partial charge in [-0.1, -0.05) is 41.4 Å². The second kappa shape index (κ2) is 9.06. The Morgan fingerprint density at radius 3 is 2.61 bits per heavy atom. The summed E-state index contributed by atoms with van der Waals surface area (Å²) in [6.07, 6.45) is 1.55. The van der Waals surface area contributed by atoms with E-state index < -0.39 is 0 Å². The highest BCUT2D eigenvalue weighted by molar-refractivity contribution is 6.31. The summed E-state index contributed by atoms with van der Waals surface area (Å²) in [7, 11) is 0. The van der Waals surface area contributed by atoms with Crippen molar-refractivity contribution in [1.82, 2.24) is 10.2 Å². The number of benzene rings is 2. The fraction of sp³-hybridized carbons (Fsp3) is 0.435. The van der Waals surface area contributed by atoms with Crippen molar-refractivity contribution in [2.45, 2.75) is 46.2 Å². The van der Waals surface area contributed by atoms with Crippen molar-refractivity contribution < 1.29 is 9.18 Å². The second-order valence-electron chi connectivity index (χ2n) is 7.84. The van der Waals surface area contributed by atoms with E-state index in [-0.39, 0.29) is 23.7 Å². The van der Waals surface area contributed by atoms with E-state index in [2.05, 4.69) is 42.3 Å². The van der Waals surface area contributed by atoms with Crippen molar-refractivity contribution in [3.63, 3.8) is 0 Å². The highest BCUT2D eigenvalue weighted by atomic mass is 35.5. The lowest BCUT2D eigenvalue weighted by atomic mass is 9.94. The molecule has 1 aliphatic rings. The van der Waals surface area contributed by atoms with Gasteiger partial charge in [0.05, 0.1) is 6.04 Å². The molecule has 2 aromatic carbocycles. The van der Waals surface area contributed by atoms with Crippen LogP contribution in [-0.4, -0.2) is 23.9 Å². The van der Waals surface area contributed by atoms with E-state index >= 15 is 0 Å². The summed E-state index contributed by atoms with van der Waals surface area (Å²) < 4.78 is 14.0. The third-order valence-corrected chi connectivity index (χ3v) is 6.01. The Bertz CT molecular complexity index is 826. The standard InChI is InChI=1S/C23H28ClFN2O/c1-15-7-8-19(16(2)13-15)17(3)26-23(28)18-9-11-27(12-10-18)14-20-21(24)5-4-6-22(20)25/h4-8,13,17-18H,9-12,14H2,1-3H3,(H,26,28). The van der Waals surface area contributed by atoms with Crippen LogP contribution < -0.4 is 5.32 Å². The quantitative estimate of drug-likeness (QED) is 0.746. The van der Waals surface area contributed by atoms with Crippen LogP contribution >= 0.6 is 11.6 Å². The molecule has 1 atom stereocenters. The van der Waals surface area contributed by atoms with E-state index in [0.717, 1.165) is 31.5 Å². The number of nitrogens with zero attached hydrogens (tertiary/aromatic N) is 1. The summed E-state index contributed by atoms with van der Waals surface area (Å²) >= 11 is 6.14. The molecule has 3 nitrogen and oxygen atoms in total. The molecule has 1 aliphatic heterocycles. The molecule has 1 fully saturated rings. The highest BCUT2D eigenvalue weighted by Crippen LogP contribution is 2.25. The van der Waals surface area contributed by atoms with Gasteiger partial charge in [-0.25, -0.2) is 4.39 Å². The third kappa shape index (κ3) is 4.92. The fourth-order valence-electron chi connectivity index (χ4n) is 3.98. The van der Waals surface area contributed by atoms with Crippen LogP contribution in [0.4, 0.5) is 4.39 Å². The number of halogens is 2. The summed E-state index contributed by atoms with van der Waals surface area (Å²) in [6.45, 7) is 8.20. The van der Waals surface area contributed by atoms with Crippen molar-refractivity contribution >= 4 is 17.5 Å². The lowest BCUT2D eigenvalue weighted by Gasteiger charge is -2.32. The van der Waals surface area contributed by atoms with E-state index in [9.17, 15) is 9.18 Å². The Morgan fingerprint density at radius 1 is 1.25 bits per heavy atom. The van der Waals surface area contributed by atoms with Gasteiger partial charge in [-0.3, -0.25) is 9.69 Å². The topological polar surface area (TPSA) is 32.3 Å². The smallest absolute Gasteiger partial charge is 0.223 e. The van der Waals surface area contributed by atoms with E-state index in [1.165, 1.54) is 17.2 Å². The molecule has 0 aromatic heterocycles. The van der Waals surface area contributed by atoms with Crippen molar-refractivity contribution in [3.05, 3.63) is 69.5 Å². The van der Waals surface area contributed by atoms with Gasteiger partial charge >= 0.3 is 0 Å². The Balaban J connectivity index is 1.53. The first-order valence-electron chi connectivity index (χ1n) is 9.88. The maximum atomic E-state index is 14.0. The van der Waals surface area contributed by atoms with Gasteiger partial charge in [-0.2, -0.15) is 0 Å². The Hall–Kier alpha value is -1.91. The second-order valence-corrected chi connectivity index (χ2v) is 8.25. The van der Waals surface area contributed by atoms with Crippen LogP contribution in [0.3, 0.4) is 0 Å². The van der Waals surface area contributed by atoms with E-state index in [1.807, 2.05) is 6.92 Å². The first kappa shape index (κ1) is 20.8. The Kier molecular flexibility index (Phi) is 6.73. The van der Waals surface area contributed by atoms with E-state index in [4.69, 9.17) is 11.6 Å². The molecule has 0 spiro atoms. The molecule has 5 heteroatoms. The SMILES string of the molecule is Cc1ccc(C(C)NC(=O)C2CCN(Cc3c(F)cccc3Cl)CC2)c(C)c1. The van der Waals surface area contributed by atoms with Gasteiger partial charge in [0.1, 0.15) is 5.82 Å². The molecule has 0 aliphatic carbocycles. The van der Waals surface area contributed by atoms with Gasteiger partial charge in [0.2, 0.25) is 5.91 Å².